The molecule has 0 spiro atoms. The van der Waals surface area contributed by atoms with Gasteiger partial charge in [0.25, 0.3) is 0 Å². The number of benzene rings is 1. The molecule has 0 amide bonds. The number of ether oxygens (including phenoxy) is 2. The Labute approximate surface area is 169 Å². The molecule has 2 heterocycles. The summed E-state index contributed by atoms with van der Waals surface area (Å²) in [6, 6.07) is 5.48. The van der Waals surface area contributed by atoms with Crippen LogP contribution in [0.5, 0.6) is 5.75 Å². The molecule has 1 saturated carbocycles. The van der Waals surface area contributed by atoms with E-state index in [0.29, 0.717) is 29.7 Å². The zero-order valence-electron chi connectivity index (χ0n) is 16.4. The summed E-state index contributed by atoms with van der Waals surface area (Å²) in [4.78, 5) is 0. The Hall–Kier alpha value is -2.59. The van der Waals surface area contributed by atoms with E-state index < -0.39 is 15.3 Å². The average molecular weight is 420 g/mol. The molecule has 10 heteroatoms. The minimum Gasteiger partial charge on any atom is -0.496 e. The van der Waals surface area contributed by atoms with E-state index in [2.05, 4.69) is 15.0 Å². The molecule has 2 atom stereocenters. The van der Waals surface area contributed by atoms with Gasteiger partial charge in [-0.3, -0.25) is 9.40 Å². The van der Waals surface area contributed by atoms with Gasteiger partial charge in [-0.15, -0.1) is 0 Å². The molecule has 0 radical (unpaired) electrons. The standard InChI is InChI=1S/C19H24N4O5S/c1-26-14-6-3-4-7-17(14)29(24,25)22-19-18-15(27-2)10-13(11-16(18)28-21-19)12-23-9-5-8-20-23/h5,8-11,14,17H,3-4,6-7,12H2,1-2H3,(H,21,22)/t14-,17?/m1/s1. The van der Waals surface area contributed by atoms with Gasteiger partial charge in [-0.1, -0.05) is 18.0 Å². The van der Waals surface area contributed by atoms with Gasteiger partial charge >= 0.3 is 0 Å². The third kappa shape index (κ3) is 3.95. The van der Waals surface area contributed by atoms with Crippen LogP contribution in [0.15, 0.2) is 35.1 Å². The van der Waals surface area contributed by atoms with Gasteiger partial charge in [0, 0.05) is 19.5 Å². The highest BCUT2D eigenvalue weighted by atomic mass is 32.2. The summed E-state index contributed by atoms with van der Waals surface area (Å²) in [6.45, 7) is 0.526. The molecule has 1 fully saturated rings. The van der Waals surface area contributed by atoms with Crippen molar-refractivity contribution >= 4 is 26.8 Å². The topological polar surface area (TPSA) is 108 Å². The fraction of sp³-hybridized carbons (Fsp3) is 0.474. The third-order valence-corrected chi connectivity index (χ3v) is 7.12. The van der Waals surface area contributed by atoms with Crippen LogP contribution in [0, 0.1) is 0 Å². The molecule has 0 saturated heterocycles. The lowest BCUT2D eigenvalue weighted by Crippen LogP contribution is -2.41. The third-order valence-electron chi connectivity index (χ3n) is 5.30. The molecule has 29 heavy (non-hydrogen) atoms. The van der Waals surface area contributed by atoms with Crippen LogP contribution >= 0.6 is 0 Å². The smallest absolute Gasteiger partial charge is 0.239 e. The summed E-state index contributed by atoms with van der Waals surface area (Å²) in [5, 5.41) is 8.02. The van der Waals surface area contributed by atoms with Crippen LogP contribution in [0.4, 0.5) is 5.82 Å². The van der Waals surface area contributed by atoms with Crippen molar-refractivity contribution in [1.82, 2.24) is 14.9 Å². The normalized spacial score (nSPS) is 20.1. The fourth-order valence-corrected chi connectivity index (χ4v) is 5.57. The Morgan fingerprint density at radius 1 is 1.28 bits per heavy atom. The van der Waals surface area contributed by atoms with Crippen molar-refractivity contribution in [2.75, 3.05) is 18.9 Å². The van der Waals surface area contributed by atoms with Gasteiger partial charge in [0.15, 0.2) is 11.4 Å². The van der Waals surface area contributed by atoms with Crippen LogP contribution in [0.25, 0.3) is 11.0 Å². The van der Waals surface area contributed by atoms with E-state index in [0.717, 1.165) is 24.8 Å². The monoisotopic (exact) mass is 420 g/mol. The van der Waals surface area contributed by atoms with Gasteiger partial charge in [-0.25, -0.2) is 8.42 Å². The molecule has 1 unspecified atom stereocenters. The van der Waals surface area contributed by atoms with Crippen LogP contribution < -0.4 is 9.46 Å². The number of rotatable bonds is 7. The van der Waals surface area contributed by atoms with Gasteiger partial charge < -0.3 is 14.0 Å². The highest BCUT2D eigenvalue weighted by Gasteiger charge is 2.36. The molecule has 0 aliphatic heterocycles. The van der Waals surface area contributed by atoms with E-state index in [1.165, 1.54) is 7.11 Å². The largest absolute Gasteiger partial charge is 0.496 e. The van der Waals surface area contributed by atoms with Crippen molar-refractivity contribution in [2.45, 2.75) is 43.6 Å². The molecular weight excluding hydrogens is 396 g/mol. The first-order chi connectivity index (χ1) is 14.0. The van der Waals surface area contributed by atoms with Gasteiger partial charge in [0.1, 0.15) is 16.4 Å². The van der Waals surface area contributed by atoms with Crippen molar-refractivity contribution in [3.63, 3.8) is 0 Å². The SMILES string of the molecule is COc1cc(Cn2cccn2)cc2onc(NS(=O)(=O)C3CCCC[C@H]3OC)c12. The first-order valence-corrected chi connectivity index (χ1v) is 11.0. The summed E-state index contributed by atoms with van der Waals surface area (Å²) < 4.78 is 46.7. The predicted molar refractivity (Wildman–Crippen MR) is 107 cm³/mol. The number of hydrogen-bond donors (Lipinski definition) is 1. The van der Waals surface area contributed by atoms with Crippen LogP contribution in [0.1, 0.15) is 31.2 Å². The molecule has 3 aromatic rings. The quantitative estimate of drug-likeness (QED) is 0.626. The zero-order chi connectivity index (χ0) is 20.4. The van der Waals surface area contributed by atoms with E-state index in [4.69, 9.17) is 14.0 Å². The summed E-state index contributed by atoms with van der Waals surface area (Å²) in [7, 11) is -0.625. The molecule has 9 nitrogen and oxygen atoms in total. The molecule has 1 aliphatic rings. The zero-order valence-corrected chi connectivity index (χ0v) is 17.2. The Bertz CT molecular complexity index is 1080. The first kappa shape index (κ1) is 19.7. The van der Waals surface area contributed by atoms with E-state index >= 15 is 0 Å². The van der Waals surface area contributed by atoms with Gasteiger partial charge in [-0.05, 0) is 36.6 Å². The second-order valence-electron chi connectivity index (χ2n) is 7.15. The molecule has 1 aliphatic carbocycles. The van der Waals surface area contributed by atoms with Crippen molar-refractivity contribution in [2.24, 2.45) is 0 Å². The molecule has 1 N–H and O–H groups in total. The summed E-state index contributed by atoms with van der Waals surface area (Å²) >= 11 is 0. The number of anilines is 1. The lowest BCUT2D eigenvalue weighted by Gasteiger charge is -2.29. The minimum absolute atomic E-state index is 0.128. The summed E-state index contributed by atoms with van der Waals surface area (Å²) in [5.74, 6) is 0.610. The van der Waals surface area contributed by atoms with Crippen molar-refractivity contribution < 1.29 is 22.4 Å². The van der Waals surface area contributed by atoms with Crippen LogP contribution in [-0.2, 0) is 21.3 Å². The van der Waals surface area contributed by atoms with Gasteiger partial charge in [-0.2, -0.15) is 5.10 Å². The molecular formula is C19H24N4O5S. The Kier molecular flexibility index (Phi) is 5.46. The van der Waals surface area contributed by atoms with E-state index in [1.54, 1.807) is 18.0 Å². The molecule has 156 valence electrons. The number of fused-ring (bicyclic) bond motifs is 1. The first-order valence-electron chi connectivity index (χ1n) is 9.50. The van der Waals surface area contributed by atoms with E-state index in [-0.39, 0.29) is 11.9 Å². The number of aromatic nitrogens is 3. The van der Waals surface area contributed by atoms with Crippen LogP contribution in [0.3, 0.4) is 0 Å². The van der Waals surface area contributed by atoms with Crippen LogP contribution in [0.2, 0.25) is 0 Å². The second-order valence-corrected chi connectivity index (χ2v) is 9.05. The Balaban J connectivity index is 1.66. The lowest BCUT2D eigenvalue weighted by molar-refractivity contribution is 0.0739. The number of methoxy groups -OCH3 is 2. The van der Waals surface area contributed by atoms with Gasteiger partial charge in [0.2, 0.25) is 10.0 Å². The van der Waals surface area contributed by atoms with E-state index in [1.807, 2.05) is 24.4 Å². The van der Waals surface area contributed by atoms with Gasteiger partial charge in [0.05, 0.1) is 19.8 Å². The number of nitrogens with zero attached hydrogens (tertiary/aromatic N) is 3. The number of hydrogen-bond acceptors (Lipinski definition) is 7. The Morgan fingerprint density at radius 3 is 2.83 bits per heavy atom. The summed E-state index contributed by atoms with van der Waals surface area (Å²) in [6.07, 6.45) is 6.32. The van der Waals surface area contributed by atoms with E-state index in [9.17, 15) is 8.42 Å². The van der Waals surface area contributed by atoms with Crippen molar-refractivity contribution in [1.29, 1.82) is 0 Å². The maximum absolute atomic E-state index is 13.0. The fourth-order valence-electron chi connectivity index (χ4n) is 3.89. The number of nitrogens with one attached hydrogen (secondary N) is 1. The highest BCUT2D eigenvalue weighted by molar-refractivity contribution is 7.93. The Morgan fingerprint density at radius 2 is 2.10 bits per heavy atom. The average Bonchev–Trinajstić information content (AvgIpc) is 3.37. The molecule has 1 aromatic carbocycles. The molecule has 4 rings (SSSR count). The summed E-state index contributed by atoms with van der Waals surface area (Å²) in [5.41, 5.74) is 1.34. The highest BCUT2D eigenvalue weighted by Crippen LogP contribution is 2.35. The number of sulfonamides is 1. The minimum atomic E-state index is -3.70. The second kappa shape index (κ2) is 8.03. The molecule has 2 aromatic heterocycles. The maximum Gasteiger partial charge on any atom is 0.239 e. The lowest BCUT2D eigenvalue weighted by atomic mass is 9.97. The maximum atomic E-state index is 13.0. The predicted octanol–water partition coefficient (Wildman–Crippen LogP) is 2.78. The van der Waals surface area contributed by atoms with Crippen LogP contribution in [-0.4, -0.2) is 48.9 Å². The van der Waals surface area contributed by atoms with Crippen molar-refractivity contribution in [3.05, 3.63) is 36.2 Å². The van der Waals surface area contributed by atoms with Crippen molar-refractivity contribution in [3.8, 4) is 5.75 Å². The molecule has 0 bridgehead atoms.